The van der Waals surface area contributed by atoms with Gasteiger partial charge in [-0.15, -0.1) is 0 Å². The van der Waals surface area contributed by atoms with E-state index in [1.54, 1.807) is 24.3 Å². The van der Waals surface area contributed by atoms with Crippen molar-refractivity contribution >= 4 is 17.7 Å². The van der Waals surface area contributed by atoms with E-state index in [1.165, 1.54) is 0 Å². The van der Waals surface area contributed by atoms with Gasteiger partial charge in [0.2, 0.25) is 11.8 Å². The first-order valence-electron chi connectivity index (χ1n) is 10.7. The standard InChI is InChI=1S/C21H34N8O3/c1-14(2)10-18(26-13-22)21(32)28-17(19(23)30)8-3-4-9-25-20(31)16-7-5-6-15(11-16)12-27-29-24/h5-7,11,14,17-18,26H,3-4,8-10,12-13,22H2,1-2H3,(H2,23,30)(H,25,31)(H,28,32)/t17-,18-/m0/s1. The molecule has 11 nitrogen and oxygen atoms in total. The first-order valence-corrected chi connectivity index (χ1v) is 10.7. The second kappa shape index (κ2) is 14.8. The average Bonchev–Trinajstić information content (AvgIpc) is 2.75. The van der Waals surface area contributed by atoms with Crippen LogP contribution in [0, 0.1) is 5.92 Å². The second-order valence-electron chi connectivity index (χ2n) is 7.89. The zero-order valence-electron chi connectivity index (χ0n) is 18.7. The lowest BCUT2D eigenvalue weighted by Crippen LogP contribution is -2.53. The van der Waals surface area contributed by atoms with E-state index in [9.17, 15) is 14.4 Å². The zero-order valence-corrected chi connectivity index (χ0v) is 18.7. The molecule has 11 heteroatoms. The summed E-state index contributed by atoms with van der Waals surface area (Å²) in [6, 6.07) is 5.57. The van der Waals surface area contributed by atoms with Gasteiger partial charge in [0.15, 0.2) is 0 Å². The fourth-order valence-electron chi connectivity index (χ4n) is 3.16. The molecule has 0 unspecified atom stereocenters. The van der Waals surface area contributed by atoms with Gasteiger partial charge in [0.25, 0.3) is 5.91 Å². The molecule has 0 aliphatic rings. The third-order valence-electron chi connectivity index (χ3n) is 4.76. The largest absolute Gasteiger partial charge is 0.368 e. The maximum Gasteiger partial charge on any atom is 0.251 e. The number of primary amides is 1. The topological polar surface area (TPSA) is 188 Å². The number of azide groups is 1. The van der Waals surface area contributed by atoms with Crippen molar-refractivity contribution < 1.29 is 14.4 Å². The third kappa shape index (κ3) is 10.3. The highest BCUT2D eigenvalue weighted by Crippen LogP contribution is 2.08. The van der Waals surface area contributed by atoms with Crippen molar-refractivity contribution in [2.45, 2.75) is 58.2 Å². The molecule has 0 saturated carbocycles. The number of hydrogen-bond donors (Lipinski definition) is 5. The lowest BCUT2D eigenvalue weighted by atomic mass is 10.0. The molecule has 32 heavy (non-hydrogen) atoms. The van der Waals surface area contributed by atoms with Crippen molar-refractivity contribution in [2.75, 3.05) is 13.2 Å². The van der Waals surface area contributed by atoms with E-state index >= 15 is 0 Å². The van der Waals surface area contributed by atoms with E-state index in [0.29, 0.717) is 37.8 Å². The molecule has 176 valence electrons. The van der Waals surface area contributed by atoms with Gasteiger partial charge in [-0.1, -0.05) is 31.1 Å². The first-order chi connectivity index (χ1) is 15.3. The number of unbranched alkanes of at least 4 members (excludes halogenated alkanes) is 1. The Morgan fingerprint density at radius 3 is 2.56 bits per heavy atom. The lowest BCUT2D eigenvalue weighted by molar-refractivity contribution is -0.129. The monoisotopic (exact) mass is 446 g/mol. The number of carbonyl (C=O) groups excluding carboxylic acids is 3. The summed E-state index contributed by atoms with van der Waals surface area (Å²) in [5.41, 5.74) is 20.6. The van der Waals surface area contributed by atoms with Crippen LogP contribution in [0.5, 0.6) is 0 Å². The van der Waals surface area contributed by atoms with Crippen molar-refractivity contribution in [1.82, 2.24) is 16.0 Å². The van der Waals surface area contributed by atoms with Gasteiger partial charge in [-0.25, -0.2) is 0 Å². The highest BCUT2D eigenvalue weighted by Gasteiger charge is 2.24. The Hall–Kier alpha value is -3.14. The zero-order chi connectivity index (χ0) is 23.9. The number of nitrogens with zero attached hydrogens (tertiary/aromatic N) is 3. The average molecular weight is 447 g/mol. The molecule has 0 fully saturated rings. The Bertz CT molecular complexity index is 808. The van der Waals surface area contributed by atoms with Crippen LogP contribution in [0.25, 0.3) is 10.4 Å². The molecular weight excluding hydrogens is 412 g/mol. The van der Waals surface area contributed by atoms with E-state index in [1.807, 2.05) is 13.8 Å². The van der Waals surface area contributed by atoms with Gasteiger partial charge >= 0.3 is 0 Å². The summed E-state index contributed by atoms with van der Waals surface area (Å²) in [6.45, 7) is 4.73. The number of amides is 3. The highest BCUT2D eigenvalue weighted by molar-refractivity contribution is 5.94. The minimum absolute atomic E-state index is 0.153. The van der Waals surface area contributed by atoms with E-state index in [0.717, 1.165) is 5.56 Å². The number of nitrogens with one attached hydrogen (secondary N) is 3. The van der Waals surface area contributed by atoms with Gasteiger partial charge < -0.3 is 22.1 Å². The normalized spacial score (nSPS) is 12.5. The Labute approximate surface area is 188 Å². The van der Waals surface area contributed by atoms with Crippen LogP contribution in [0.3, 0.4) is 0 Å². The summed E-state index contributed by atoms with van der Waals surface area (Å²) in [4.78, 5) is 39.2. The molecule has 1 aromatic carbocycles. The molecule has 0 bridgehead atoms. The van der Waals surface area contributed by atoms with Gasteiger partial charge in [-0.2, -0.15) is 0 Å². The van der Waals surface area contributed by atoms with Crippen LogP contribution in [-0.4, -0.2) is 43.0 Å². The molecule has 7 N–H and O–H groups in total. The van der Waals surface area contributed by atoms with Gasteiger partial charge in [-0.3, -0.25) is 19.7 Å². The van der Waals surface area contributed by atoms with Crippen molar-refractivity contribution in [3.63, 3.8) is 0 Å². The fourth-order valence-corrected chi connectivity index (χ4v) is 3.16. The number of carbonyl (C=O) groups is 3. The van der Waals surface area contributed by atoms with Crippen LogP contribution < -0.4 is 27.4 Å². The van der Waals surface area contributed by atoms with Crippen LogP contribution in [0.15, 0.2) is 29.4 Å². The molecule has 0 radical (unpaired) electrons. The number of nitrogens with two attached hydrogens (primary N) is 2. The van der Waals surface area contributed by atoms with Crippen LogP contribution in [0.2, 0.25) is 0 Å². The molecule has 0 aromatic heterocycles. The van der Waals surface area contributed by atoms with Crippen LogP contribution >= 0.6 is 0 Å². The van der Waals surface area contributed by atoms with E-state index in [4.69, 9.17) is 17.0 Å². The Kier molecular flexibility index (Phi) is 12.4. The molecule has 2 atom stereocenters. The van der Waals surface area contributed by atoms with Crippen LogP contribution in [0.4, 0.5) is 0 Å². The van der Waals surface area contributed by atoms with E-state index < -0.39 is 18.0 Å². The summed E-state index contributed by atoms with van der Waals surface area (Å²) in [5.74, 6) is -0.866. The first kappa shape index (κ1) is 26.9. The van der Waals surface area contributed by atoms with Crippen LogP contribution in [0.1, 0.15) is 55.5 Å². The second-order valence-corrected chi connectivity index (χ2v) is 7.89. The van der Waals surface area contributed by atoms with Gasteiger partial charge in [0.1, 0.15) is 6.04 Å². The number of hydrogen-bond acceptors (Lipinski definition) is 6. The van der Waals surface area contributed by atoms with Crippen molar-refractivity contribution in [2.24, 2.45) is 22.5 Å². The Balaban J connectivity index is 2.47. The van der Waals surface area contributed by atoms with E-state index in [-0.39, 0.29) is 30.9 Å². The minimum atomic E-state index is -0.787. The van der Waals surface area contributed by atoms with Gasteiger partial charge in [-0.05, 0) is 54.8 Å². The smallest absolute Gasteiger partial charge is 0.251 e. The Morgan fingerprint density at radius 2 is 1.94 bits per heavy atom. The third-order valence-corrected chi connectivity index (χ3v) is 4.76. The summed E-state index contributed by atoms with van der Waals surface area (Å²) < 4.78 is 0. The van der Waals surface area contributed by atoms with Crippen molar-refractivity contribution in [3.05, 3.63) is 45.8 Å². The quantitative estimate of drug-likeness (QED) is 0.0890. The highest BCUT2D eigenvalue weighted by atomic mass is 16.2. The molecule has 1 aromatic rings. The van der Waals surface area contributed by atoms with Crippen molar-refractivity contribution in [1.29, 1.82) is 0 Å². The SMILES string of the molecule is CC(C)C[C@H](NCN)C(=O)N[C@@H](CCCCNC(=O)c1cccc(CN=[N+]=[N-])c1)C(N)=O. The van der Waals surface area contributed by atoms with Gasteiger partial charge in [0, 0.05) is 23.7 Å². The fraction of sp³-hybridized carbons (Fsp3) is 0.571. The van der Waals surface area contributed by atoms with E-state index in [2.05, 4.69) is 26.0 Å². The molecule has 0 spiro atoms. The van der Waals surface area contributed by atoms with Crippen molar-refractivity contribution in [3.8, 4) is 0 Å². The molecule has 0 saturated heterocycles. The summed E-state index contributed by atoms with van der Waals surface area (Å²) >= 11 is 0. The summed E-state index contributed by atoms with van der Waals surface area (Å²) in [6.07, 6.45) is 2.16. The molecule has 0 heterocycles. The minimum Gasteiger partial charge on any atom is -0.368 e. The number of rotatable bonds is 15. The maximum absolute atomic E-state index is 12.5. The molecule has 3 amide bonds. The number of benzene rings is 1. The molecule has 0 aliphatic carbocycles. The summed E-state index contributed by atoms with van der Waals surface area (Å²) in [7, 11) is 0. The summed E-state index contributed by atoms with van der Waals surface area (Å²) in [5, 5.41) is 11.9. The maximum atomic E-state index is 12.5. The molecular formula is C21H34N8O3. The molecule has 0 aliphatic heterocycles. The predicted molar refractivity (Wildman–Crippen MR) is 122 cm³/mol. The Morgan fingerprint density at radius 1 is 1.19 bits per heavy atom. The lowest BCUT2D eigenvalue weighted by Gasteiger charge is -2.22. The van der Waals surface area contributed by atoms with Gasteiger partial charge in [0.05, 0.1) is 12.6 Å². The predicted octanol–water partition coefficient (Wildman–Crippen LogP) is 1.29. The van der Waals surface area contributed by atoms with Crippen LogP contribution in [-0.2, 0) is 16.1 Å². The molecule has 1 rings (SSSR count).